The Morgan fingerprint density at radius 1 is 1.38 bits per heavy atom. The van der Waals surface area contributed by atoms with Crippen molar-refractivity contribution in [3.8, 4) is 11.5 Å². The van der Waals surface area contributed by atoms with E-state index in [9.17, 15) is 15.0 Å². The van der Waals surface area contributed by atoms with E-state index in [1.165, 1.54) is 23.1 Å². The molecule has 0 bridgehead atoms. The molecule has 1 amide bonds. The fourth-order valence-corrected chi connectivity index (χ4v) is 1.39. The number of hydrogen-bond donors (Lipinski definition) is 3. The number of aromatic hydroxyl groups is 2. The molecule has 5 heteroatoms. The quantitative estimate of drug-likeness (QED) is 0.654. The second kappa shape index (κ2) is 5.37. The summed E-state index contributed by atoms with van der Waals surface area (Å²) in [6, 6.07) is 3.77. The molecule has 88 valence electrons. The lowest BCUT2D eigenvalue weighted by molar-refractivity contribution is 0.0728. The molecule has 0 unspecified atom stereocenters. The molecule has 0 heterocycles. The second-order valence-electron chi connectivity index (χ2n) is 3.31. The van der Waals surface area contributed by atoms with Crippen LogP contribution in [0.1, 0.15) is 17.3 Å². The van der Waals surface area contributed by atoms with Gasteiger partial charge in [-0.2, -0.15) is 0 Å². The minimum atomic E-state index is -0.412. The summed E-state index contributed by atoms with van der Waals surface area (Å²) in [5, 5.41) is 27.5. The Morgan fingerprint density at radius 3 is 2.62 bits per heavy atom. The first-order valence-corrected chi connectivity index (χ1v) is 5.02. The summed E-state index contributed by atoms with van der Waals surface area (Å²) < 4.78 is 0. The van der Waals surface area contributed by atoms with Crippen LogP contribution in [0.3, 0.4) is 0 Å². The molecule has 0 fully saturated rings. The van der Waals surface area contributed by atoms with Crippen LogP contribution in [0.4, 0.5) is 0 Å². The minimum Gasteiger partial charge on any atom is -0.508 e. The first kappa shape index (κ1) is 12.3. The van der Waals surface area contributed by atoms with Crippen molar-refractivity contribution in [1.29, 1.82) is 0 Å². The van der Waals surface area contributed by atoms with Crippen molar-refractivity contribution in [3.05, 3.63) is 23.8 Å². The van der Waals surface area contributed by atoms with Gasteiger partial charge in [-0.25, -0.2) is 0 Å². The summed E-state index contributed by atoms with van der Waals surface area (Å²) in [4.78, 5) is 13.3. The predicted molar refractivity (Wildman–Crippen MR) is 58.4 cm³/mol. The number of hydrogen-bond acceptors (Lipinski definition) is 4. The number of likely N-dealkylation sites (N-methyl/N-ethyl adjacent to an activating group) is 1. The Kier molecular flexibility index (Phi) is 4.13. The fraction of sp³-hybridized carbons (Fsp3) is 0.364. The van der Waals surface area contributed by atoms with Gasteiger partial charge >= 0.3 is 0 Å². The number of phenolic OH excluding ortho intramolecular Hbond substituents is 2. The maximum Gasteiger partial charge on any atom is 0.257 e. The highest BCUT2D eigenvalue weighted by Gasteiger charge is 2.17. The first-order chi connectivity index (χ1) is 7.60. The van der Waals surface area contributed by atoms with Crippen LogP contribution in [0.2, 0.25) is 0 Å². The van der Waals surface area contributed by atoms with Gasteiger partial charge in [0.05, 0.1) is 12.2 Å². The molecule has 1 rings (SSSR count). The third-order valence-electron chi connectivity index (χ3n) is 2.25. The molecule has 0 aliphatic heterocycles. The average Bonchev–Trinajstić information content (AvgIpc) is 2.28. The van der Waals surface area contributed by atoms with Crippen molar-refractivity contribution >= 4 is 5.91 Å². The molecule has 3 N–H and O–H groups in total. The van der Waals surface area contributed by atoms with E-state index in [-0.39, 0.29) is 30.2 Å². The zero-order valence-corrected chi connectivity index (χ0v) is 9.05. The van der Waals surface area contributed by atoms with E-state index >= 15 is 0 Å². The van der Waals surface area contributed by atoms with Crippen molar-refractivity contribution in [2.75, 3.05) is 19.7 Å². The normalized spacial score (nSPS) is 10.1. The second-order valence-corrected chi connectivity index (χ2v) is 3.31. The Hall–Kier alpha value is -1.75. The molecule has 0 aliphatic rings. The van der Waals surface area contributed by atoms with Gasteiger partial charge in [0.25, 0.3) is 5.91 Å². The van der Waals surface area contributed by atoms with Gasteiger partial charge in [-0.05, 0) is 25.1 Å². The van der Waals surface area contributed by atoms with E-state index in [0.29, 0.717) is 6.54 Å². The van der Waals surface area contributed by atoms with Crippen LogP contribution in [0, 0.1) is 0 Å². The van der Waals surface area contributed by atoms with E-state index in [0.717, 1.165) is 0 Å². The third kappa shape index (κ3) is 2.64. The molecule has 0 spiro atoms. The van der Waals surface area contributed by atoms with Gasteiger partial charge in [0.15, 0.2) is 0 Å². The average molecular weight is 225 g/mol. The van der Waals surface area contributed by atoms with Gasteiger partial charge in [-0.1, -0.05) is 0 Å². The van der Waals surface area contributed by atoms with Gasteiger partial charge in [-0.3, -0.25) is 4.79 Å². The molecule has 0 saturated carbocycles. The smallest absolute Gasteiger partial charge is 0.257 e. The molecular weight excluding hydrogens is 210 g/mol. The Bertz CT molecular complexity index is 378. The van der Waals surface area contributed by atoms with Crippen LogP contribution in [0.5, 0.6) is 11.5 Å². The highest BCUT2D eigenvalue weighted by atomic mass is 16.3. The maximum absolute atomic E-state index is 11.9. The number of aliphatic hydroxyl groups excluding tert-OH is 1. The van der Waals surface area contributed by atoms with Crippen LogP contribution < -0.4 is 0 Å². The highest BCUT2D eigenvalue weighted by Crippen LogP contribution is 2.23. The number of carbonyl (C=O) groups is 1. The molecule has 0 saturated heterocycles. The van der Waals surface area contributed by atoms with Gasteiger partial charge in [0.2, 0.25) is 0 Å². The van der Waals surface area contributed by atoms with Crippen LogP contribution in [0.15, 0.2) is 18.2 Å². The molecule has 0 radical (unpaired) electrons. The summed E-state index contributed by atoms with van der Waals surface area (Å²) in [5.74, 6) is -0.676. The fourth-order valence-electron chi connectivity index (χ4n) is 1.39. The first-order valence-electron chi connectivity index (χ1n) is 5.02. The third-order valence-corrected chi connectivity index (χ3v) is 2.25. The van der Waals surface area contributed by atoms with E-state index in [1.807, 2.05) is 0 Å². The van der Waals surface area contributed by atoms with Crippen molar-refractivity contribution < 1.29 is 20.1 Å². The molecule has 1 aromatic carbocycles. The number of aliphatic hydroxyl groups is 1. The van der Waals surface area contributed by atoms with Crippen molar-refractivity contribution in [3.63, 3.8) is 0 Å². The van der Waals surface area contributed by atoms with Gasteiger partial charge in [-0.15, -0.1) is 0 Å². The zero-order valence-electron chi connectivity index (χ0n) is 9.05. The van der Waals surface area contributed by atoms with Gasteiger partial charge in [0, 0.05) is 13.1 Å². The van der Waals surface area contributed by atoms with Gasteiger partial charge in [0.1, 0.15) is 11.5 Å². The molecule has 0 atom stereocenters. The lowest BCUT2D eigenvalue weighted by Gasteiger charge is -2.20. The molecule has 16 heavy (non-hydrogen) atoms. The van der Waals surface area contributed by atoms with Crippen LogP contribution in [-0.4, -0.2) is 45.8 Å². The number of nitrogens with zero attached hydrogens (tertiary/aromatic N) is 1. The van der Waals surface area contributed by atoms with E-state index in [2.05, 4.69) is 0 Å². The Labute approximate surface area is 93.6 Å². The molecule has 1 aromatic rings. The van der Waals surface area contributed by atoms with E-state index in [4.69, 9.17) is 5.11 Å². The zero-order chi connectivity index (χ0) is 12.1. The van der Waals surface area contributed by atoms with Crippen LogP contribution in [-0.2, 0) is 0 Å². The standard InChI is InChI=1S/C11H15NO4/c1-2-12(5-6-13)11(16)9-7-8(14)3-4-10(9)15/h3-4,7,13-15H,2,5-6H2,1H3. The molecule has 5 nitrogen and oxygen atoms in total. The van der Waals surface area contributed by atoms with Gasteiger partial charge < -0.3 is 20.2 Å². The lowest BCUT2D eigenvalue weighted by Crippen LogP contribution is -2.33. The number of phenols is 2. The van der Waals surface area contributed by atoms with Crippen molar-refractivity contribution in [1.82, 2.24) is 4.90 Å². The summed E-state index contributed by atoms with van der Waals surface area (Å²) >= 11 is 0. The van der Waals surface area contributed by atoms with Crippen molar-refractivity contribution in [2.45, 2.75) is 6.92 Å². The molecule has 0 aliphatic carbocycles. The van der Waals surface area contributed by atoms with Crippen LogP contribution in [0.25, 0.3) is 0 Å². The number of benzene rings is 1. The Morgan fingerprint density at radius 2 is 2.06 bits per heavy atom. The summed E-state index contributed by atoms with van der Waals surface area (Å²) in [7, 11) is 0. The van der Waals surface area contributed by atoms with Crippen LogP contribution >= 0.6 is 0 Å². The molecular formula is C11H15NO4. The number of carbonyl (C=O) groups excluding carboxylic acids is 1. The van der Waals surface area contributed by atoms with E-state index < -0.39 is 5.91 Å². The maximum atomic E-state index is 11.9. The largest absolute Gasteiger partial charge is 0.508 e. The Balaban J connectivity index is 2.98. The van der Waals surface area contributed by atoms with E-state index in [1.54, 1.807) is 6.92 Å². The van der Waals surface area contributed by atoms with Crippen molar-refractivity contribution in [2.24, 2.45) is 0 Å². The molecule has 0 aromatic heterocycles. The summed E-state index contributed by atoms with van der Waals surface area (Å²) in [6.07, 6.45) is 0. The highest BCUT2D eigenvalue weighted by molar-refractivity contribution is 5.97. The number of rotatable bonds is 4. The minimum absolute atomic E-state index is 0.0373. The topological polar surface area (TPSA) is 81.0 Å². The summed E-state index contributed by atoms with van der Waals surface area (Å²) in [6.45, 7) is 2.26. The predicted octanol–water partition coefficient (Wildman–Crippen LogP) is 0.552. The lowest BCUT2D eigenvalue weighted by atomic mass is 10.1. The summed E-state index contributed by atoms with van der Waals surface area (Å²) in [5.41, 5.74) is 0.0373. The number of amides is 1. The monoisotopic (exact) mass is 225 g/mol. The SMILES string of the molecule is CCN(CCO)C(=O)c1cc(O)ccc1O.